The van der Waals surface area contributed by atoms with Crippen LogP contribution in [0.5, 0.6) is 0 Å². The molecule has 1 aliphatic carbocycles. The van der Waals surface area contributed by atoms with Crippen LogP contribution in [0.2, 0.25) is 0 Å². The highest BCUT2D eigenvalue weighted by atomic mass is 16.5. The van der Waals surface area contributed by atoms with Crippen molar-refractivity contribution in [2.75, 3.05) is 18.1 Å². The standard InChI is InChI=1S/C13H15NO2/c1-10-4-2-3-5-11(10)14-8-9-16-13(6-7-13)12(14)15/h2-5H,6-9H2,1H3. The Kier molecular flexibility index (Phi) is 2.04. The summed E-state index contributed by atoms with van der Waals surface area (Å²) in [6.07, 6.45) is 1.77. The third-order valence-corrected chi connectivity index (χ3v) is 3.44. The van der Waals surface area contributed by atoms with Gasteiger partial charge < -0.3 is 9.64 Å². The number of ether oxygens (including phenoxy) is 1. The van der Waals surface area contributed by atoms with Gasteiger partial charge in [0.15, 0.2) is 0 Å². The fraction of sp³-hybridized carbons (Fsp3) is 0.462. The van der Waals surface area contributed by atoms with E-state index in [1.54, 1.807) is 0 Å². The summed E-state index contributed by atoms with van der Waals surface area (Å²) >= 11 is 0. The highest BCUT2D eigenvalue weighted by molar-refractivity contribution is 6.02. The van der Waals surface area contributed by atoms with Gasteiger partial charge in [-0.05, 0) is 31.4 Å². The minimum atomic E-state index is -0.458. The van der Waals surface area contributed by atoms with Crippen LogP contribution in [0.15, 0.2) is 24.3 Å². The molecule has 1 aromatic rings. The SMILES string of the molecule is Cc1ccccc1N1CCOC2(CC2)C1=O. The molecule has 1 amide bonds. The number of nitrogens with zero attached hydrogens (tertiary/aromatic N) is 1. The summed E-state index contributed by atoms with van der Waals surface area (Å²) in [6.45, 7) is 3.36. The lowest BCUT2D eigenvalue weighted by Crippen LogP contribution is -2.49. The number of anilines is 1. The van der Waals surface area contributed by atoms with Crippen LogP contribution in [0, 0.1) is 6.92 Å². The summed E-state index contributed by atoms with van der Waals surface area (Å²) in [7, 11) is 0. The van der Waals surface area contributed by atoms with Gasteiger partial charge in [-0.15, -0.1) is 0 Å². The zero-order valence-electron chi connectivity index (χ0n) is 9.40. The van der Waals surface area contributed by atoms with Gasteiger partial charge in [0.1, 0.15) is 5.60 Å². The first-order chi connectivity index (χ1) is 7.73. The van der Waals surface area contributed by atoms with E-state index in [4.69, 9.17) is 4.74 Å². The molecule has 0 aromatic heterocycles. The molecule has 0 N–H and O–H groups in total. The molecule has 2 fully saturated rings. The molecule has 1 aliphatic heterocycles. The molecule has 2 aliphatic rings. The monoisotopic (exact) mass is 217 g/mol. The van der Waals surface area contributed by atoms with E-state index in [9.17, 15) is 4.79 Å². The Morgan fingerprint density at radius 1 is 1.31 bits per heavy atom. The summed E-state index contributed by atoms with van der Waals surface area (Å²) in [4.78, 5) is 14.1. The van der Waals surface area contributed by atoms with Crippen LogP contribution in [0.4, 0.5) is 5.69 Å². The second kappa shape index (κ2) is 3.32. The third kappa shape index (κ3) is 1.35. The van der Waals surface area contributed by atoms with Gasteiger partial charge in [0.05, 0.1) is 6.61 Å². The molecule has 1 saturated heterocycles. The van der Waals surface area contributed by atoms with Gasteiger partial charge in [0.2, 0.25) is 0 Å². The van der Waals surface area contributed by atoms with Crippen molar-refractivity contribution in [2.45, 2.75) is 25.4 Å². The van der Waals surface area contributed by atoms with Gasteiger partial charge in [0, 0.05) is 12.2 Å². The molecule has 84 valence electrons. The molecule has 3 heteroatoms. The van der Waals surface area contributed by atoms with Crippen molar-refractivity contribution in [3.8, 4) is 0 Å². The Balaban J connectivity index is 1.95. The van der Waals surface area contributed by atoms with E-state index < -0.39 is 5.60 Å². The topological polar surface area (TPSA) is 29.5 Å². The van der Waals surface area contributed by atoms with Crippen LogP contribution >= 0.6 is 0 Å². The first-order valence-electron chi connectivity index (χ1n) is 5.74. The number of aryl methyl sites for hydroxylation is 1. The first kappa shape index (κ1) is 9.85. The number of hydrogen-bond donors (Lipinski definition) is 0. The van der Waals surface area contributed by atoms with Crippen molar-refractivity contribution in [1.29, 1.82) is 0 Å². The zero-order valence-corrected chi connectivity index (χ0v) is 9.40. The third-order valence-electron chi connectivity index (χ3n) is 3.44. The molecule has 16 heavy (non-hydrogen) atoms. The molecule has 0 atom stereocenters. The van der Waals surface area contributed by atoms with E-state index in [2.05, 4.69) is 0 Å². The van der Waals surface area contributed by atoms with Gasteiger partial charge in [-0.1, -0.05) is 18.2 Å². The second-order valence-corrected chi connectivity index (χ2v) is 4.59. The predicted molar refractivity (Wildman–Crippen MR) is 61.4 cm³/mol. The Morgan fingerprint density at radius 3 is 2.75 bits per heavy atom. The maximum atomic E-state index is 12.3. The summed E-state index contributed by atoms with van der Waals surface area (Å²) < 4.78 is 5.59. The van der Waals surface area contributed by atoms with E-state index in [-0.39, 0.29) is 5.91 Å². The molecule has 1 aromatic carbocycles. The molecule has 0 radical (unpaired) electrons. The van der Waals surface area contributed by atoms with Crippen LogP contribution in [-0.2, 0) is 9.53 Å². The average molecular weight is 217 g/mol. The Labute approximate surface area is 95.0 Å². The summed E-state index contributed by atoms with van der Waals surface area (Å²) in [5.74, 6) is 0.146. The Hall–Kier alpha value is -1.35. The van der Waals surface area contributed by atoms with Crippen LogP contribution < -0.4 is 4.90 Å². The van der Waals surface area contributed by atoms with Gasteiger partial charge >= 0.3 is 0 Å². The van der Waals surface area contributed by atoms with Gasteiger partial charge in [-0.25, -0.2) is 0 Å². The lowest BCUT2D eigenvalue weighted by atomic mass is 10.1. The van der Waals surface area contributed by atoms with Crippen molar-refractivity contribution in [1.82, 2.24) is 0 Å². The fourth-order valence-electron chi connectivity index (χ4n) is 2.31. The minimum absolute atomic E-state index is 0.146. The van der Waals surface area contributed by atoms with E-state index >= 15 is 0 Å². The van der Waals surface area contributed by atoms with Gasteiger partial charge in [-0.2, -0.15) is 0 Å². The number of carbonyl (C=O) groups is 1. The highest BCUT2D eigenvalue weighted by Gasteiger charge is 2.55. The summed E-state index contributed by atoms with van der Waals surface area (Å²) in [5, 5.41) is 0. The van der Waals surface area contributed by atoms with Crippen molar-refractivity contribution in [3.05, 3.63) is 29.8 Å². The van der Waals surface area contributed by atoms with E-state index in [1.807, 2.05) is 36.1 Å². The Morgan fingerprint density at radius 2 is 2.06 bits per heavy atom. The second-order valence-electron chi connectivity index (χ2n) is 4.59. The number of morpholine rings is 1. The number of benzene rings is 1. The van der Waals surface area contributed by atoms with Gasteiger partial charge in [0.25, 0.3) is 5.91 Å². The van der Waals surface area contributed by atoms with E-state index in [1.165, 1.54) is 0 Å². The van der Waals surface area contributed by atoms with Crippen molar-refractivity contribution >= 4 is 11.6 Å². The van der Waals surface area contributed by atoms with Gasteiger partial charge in [-0.3, -0.25) is 4.79 Å². The number of amides is 1. The van der Waals surface area contributed by atoms with E-state index in [0.29, 0.717) is 13.2 Å². The molecular weight excluding hydrogens is 202 g/mol. The van der Waals surface area contributed by atoms with Crippen molar-refractivity contribution < 1.29 is 9.53 Å². The normalized spacial score (nSPS) is 22.6. The lowest BCUT2D eigenvalue weighted by Gasteiger charge is -2.33. The number of para-hydroxylation sites is 1. The fourth-order valence-corrected chi connectivity index (χ4v) is 2.31. The van der Waals surface area contributed by atoms with Crippen LogP contribution in [0.25, 0.3) is 0 Å². The largest absolute Gasteiger partial charge is 0.363 e. The zero-order chi connectivity index (χ0) is 11.2. The number of hydrogen-bond acceptors (Lipinski definition) is 2. The Bertz CT molecular complexity index is 437. The molecule has 1 saturated carbocycles. The predicted octanol–water partition coefficient (Wildman–Crippen LogP) is 1.89. The number of carbonyl (C=O) groups excluding carboxylic acids is 1. The smallest absolute Gasteiger partial charge is 0.259 e. The molecule has 1 spiro atoms. The maximum absolute atomic E-state index is 12.3. The quantitative estimate of drug-likeness (QED) is 0.719. The molecule has 0 bridgehead atoms. The highest BCUT2D eigenvalue weighted by Crippen LogP contribution is 2.44. The molecule has 3 nitrogen and oxygen atoms in total. The summed E-state index contributed by atoms with van der Waals surface area (Å²) in [6, 6.07) is 8.02. The lowest BCUT2D eigenvalue weighted by molar-refractivity contribution is -0.137. The number of rotatable bonds is 1. The van der Waals surface area contributed by atoms with Crippen LogP contribution in [-0.4, -0.2) is 24.7 Å². The van der Waals surface area contributed by atoms with Crippen molar-refractivity contribution in [3.63, 3.8) is 0 Å². The molecule has 3 rings (SSSR count). The maximum Gasteiger partial charge on any atom is 0.259 e. The summed E-state index contributed by atoms with van der Waals surface area (Å²) in [5.41, 5.74) is 1.72. The van der Waals surface area contributed by atoms with Crippen LogP contribution in [0.1, 0.15) is 18.4 Å². The minimum Gasteiger partial charge on any atom is -0.363 e. The van der Waals surface area contributed by atoms with Crippen LogP contribution in [0.3, 0.4) is 0 Å². The van der Waals surface area contributed by atoms with E-state index in [0.717, 1.165) is 24.1 Å². The molecule has 0 unspecified atom stereocenters. The van der Waals surface area contributed by atoms with Crippen molar-refractivity contribution in [2.24, 2.45) is 0 Å². The molecular formula is C13H15NO2. The first-order valence-corrected chi connectivity index (χ1v) is 5.74. The average Bonchev–Trinajstić information content (AvgIpc) is 3.05. The molecule has 1 heterocycles.